The SMILES string of the molecule is Nc1cccc2c1C(=O)N(CC(O)CO)C2=O. The maximum absolute atomic E-state index is 11.9. The molecular formula is C11H12N2O4. The van der Waals surface area contributed by atoms with E-state index >= 15 is 0 Å². The van der Waals surface area contributed by atoms with Crippen LogP contribution in [0.5, 0.6) is 0 Å². The maximum Gasteiger partial charge on any atom is 0.263 e. The molecule has 17 heavy (non-hydrogen) atoms. The van der Waals surface area contributed by atoms with Crippen LogP contribution in [0.2, 0.25) is 0 Å². The molecule has 0 aromatic heterocycles. The van der Waals surface area contributed by atoms with Gasteiger partial charge in [-0.2, -0.15) is 0 Å². The van der Waals surface area contributed by atoms with E-state index in [4.69, 9.17) is 10.8 Å². The molecule has 0 radical (unpaired) electrons. The highest BCUT2D eigenvalue weighted by atomic mass is 16.3. The molecule has 2 amide bonds. The fourth-order valence-electron chi connectivity index (χ4n) is 1.79. The summed E-state index contributed by atoms with van der Waals surface area (Å²) in [6.07, 6.45) is -1.14. The van der Waals surface area contributed by atoms with Gasteiger partial charge in [0.2, 0.25) is 0 Å². The van der Waals surface area contributed by atoms with E-state index in [9.17, 15) is 14.7 Å². The number of aliphatic hydroxyl groups is 2. The second-order valence-electron chi connectivity index (χ2n) is 3.83. The topological polar surface area (TPSA) is 104 Å². The van der Waals surface area contributed by atoms with Crippen LogP contribution in [-0.4, -0.2) is 46.2 Å². The monoisotopic (exact) mass is 236 g/mol. The molecule has 90 valence electrons. The van der Waals surface area contributed by atoms with Gasteiger partial charge >= 0.3 is 0 Å². The average molecular weight is 236 g/mol. The Labute approximate surface area is 97.3 Å². The van der Waals surface area contributed by atoms with E-state index in [1.165, 1.54) is 12.1 Å². The predicted molar refractivity (Wildman–Crippen MR) is 59.3 cm³/mol. The van der Waals surface area contributed by atoms with Gasteiger partial charge in [0, 0.05) is 5.69 Å². The summed E-state index contributed by atoms with van der Waals surface area (Å²) in [6.45, 7) is -0.745. The van der Waals surface area contributed by atoms with Gasteiger partial charge < -0.3 is 15.9 Å². The number of β-amino-alcohol motifs (C(OH)–C–C–N with tert-alkyl or cyclic N) is 1. The van der Waals surface area contributed by atoms with Crippen LogP contribution >= 0.6 is 0 Å². The number of nitrogens with zero attached hydrogens (tertiary/aromatic N) is 1. The molecule has 0 spiro atoms. The predicted octanol–water partition coefficient (Wildman–Crippen LogP) is -0.782. The number of rotatable bonds is 3. The summed E-state index contributed by atoms with van der Waals surface area (Å²) in [6, 6.07) is 4.64. The normalized spacial score (nSPS) is 16.2. The van der Waals surface area contributed by atoms with E-state index in [1.54, 1.807) is 6.07 Å². The maximum atomic E-state index is 11.9. The second kappa shape index (κ2) is 4.15. The summed E-state index contributed by atoms with van der Waals surface area (Å²) in [5.74, 6) is -1.03. The van der Waals surface area contributed by atoms with E-state index in [-0.39, 0.29) is 23.4 Å². The second-order valence-corrected chi connectivity index (χ2v) is 3.83. The molecule has 1 heterocycles. The van der Waals surface area contributed by atoms with Gasteiger partial charge in [-0.05, 0) is 12.1 Å². The Bertz CT molecular complexity index is 486. The molecule has 6 heteroatoms. The molecular weight excluding hydrogens is 224 g/mol. The number of amides is 2. The van der Waals surface area contributed by atoms with Gasteiger partial charge in [0.1, 0.15) is 0 Å². The van der Waals surface area contributed by atoms with Crippen LogP contribution in [0.3, 0.4) is 0 Å². The molecule has 4 N–H and O–H groups in total. The molecule has 0 bridgehead atoms. The Morgan fingerprint density at radius 2 is 2.00 bits per heavy atom. The van der Waals surface area contributed by atoms with Crippen LogP contribution < -0.4 is 5.73 Å². The Morgan fingerprint density at radius 3 is 2.59 bits per heavy atom. The van der Waals surface area contributed by atoms with Gasteiger partial charge in [0.05, 0.1) is 30.4 Å². The molecule has 0 fully saturated rings. The third-order valence-electron chi connectivity index (χ3n) is 2.64. The lowest BCUT2D eigenvalue weighted by molar-refractivity contribution is 0.0426. The number of carbonyl (C=O) groups is 2. The number of anilines is 1. The molecule has 0 saturated carbocycles. The fourth-order valence-corrected chi connectivity index (χ4v) is 1.79. The van der Waals surface area contributed by atoms with Gasteiger partial charge in [-0.15, -0.1) is 0 Å². The number of carbonyl (C=O) groups excluding carboxylic acids is 2. The third-order valence-corrected chi connectivity index (χ3v) is 2.64. The molecule has 1 aromatic carbocycles. The Balaban J connectivity index is 2.36. The number of aliphatic hydroxyl groups excluding tert-OH is 2. The Hall–Kier alpha value is -1.92. The van der Waals surface area contributed by atoms with Crippen molar-refractivity contribution in [3.8, 4) is 0 Å². The van der Waals surface area contributed by atoms with Crippen LogP contribution in [0.4, 0.5) is 5.69 Å². The number of hydrogen-bond acceptors (Lipinski definition) is 5. The van der Waals surface area contributed by atoms with E-state index < -0.39 is 24.5 Å². The minimum atomic E-state index is -1.14. The number of fused-ring (bicyclic) bond motifs is 1. The summed E-state index contributed by atoms with van der Waals surface area (Å²) >= 11 is 0. The Morgan fingerprint density at radius 1 is 1.29 bits per heavy atom. The number of nitrogen functional groups attached to an aromatic ring is 1. The molecule has 2 rings (SSSR count). The summed E-state index contributed by atoms with van der Waals surface area (Å²) in [5, 5.41) is 18.0. The van der Waals surface area contributed by atoms with Crippen LogP contribution in [0.25, 0.3) is 0 Å². The zero-order valence-electron chi connectivity index (χ0n) is 8.96. The molecule has 0 saturated heterocycles. The van der Waals surface area contributed by atoms with Gasteiger partial charge in [0.15, 0.2) is 0 Å². The number of hydrogen-bond donors (Lipinski definition) is 3. The zero-order valence-corrected chi connectivity index (χ0v) is 8.96. The standard InChI is InChI=1S/C11H12N2O4/c12-8-3-1-2-7-9(8)11(17)13(10(7)16)4-6(15)5-14/h1-3,6,14-15H,4-5,12H2. The van der Waals surface area contributed by atoms with Crippen molar-refractivity contribution in [3.05, 3.63) is 29.3 Å². The molecule has 1 aliphatic heterocycles. The lowest BCUT2D eigenvalue weighted by Gasteiger charge is -2.16. The molecule has 6 nitrogen and oxygen atoms in total. The summed E-state index contributed by atoms with van der Waals surface area (Å²) in [5.41, 5.74) is 6.28. The quantitative estimate of drug-likeness (QED) is 0.471. The van der Waals surface area contributed by atoms with Crippen LogP contribution in [0.1, 0.15) is 20.7 Å². The highest BCUT2D eigenvalue weighted by Crippen LogP contribution is 2.27. The zero-order chi connectivity index (χ0) is 12.6. The first-order chi connectivity index (χ1) is 8.06. The van der Waals surface area contributed by atoms with Crippen molar-refractivity contribution in [1.29, 1.82) is 0 Å². The first-order valence-electron chi connectivity index (χ1n) is 5.10. The third kappa shape index (κ3) is 1.77. The van der Waals surface area contributed by atoms with Crippen molar-refractivity contribution in [2.24, 2.45) is 0 Å². The van der Waals surface area contributed by atoms with Crippen LogP contribution in [0.15, 0.2) is 18.2 Å². The lowest BCUT2D eigenvalue weighted by Crippen LogP contribution is -2.38. The highest BCUT2D eigenvalue weighted by molar-refractivity contribution is 6.23. The smallest absolute Gasteiger partial charge is 0.263 e. The summed E-state index contributed by atoms with van der Waals surface area (Å²) in [7, 11) is 0. The van der Waals surface area contributed by atoms with Gasteiger partial charge in [-0.1, -0.05) is 6.07 Å². The van der Waals surface area contributed by atoms with E-state index in [1.807, 2.05) is 0 Å². The van der Waals surface area contributed by atoms with Crippen LogP contribution in [-0.2, 0) is 0 Å². The molecule has 1 aromatic rings. The van der Waals surface area contributed by atoms with Crippen molar-refractivity contribution in [3.63, 3.8) is 0 Å². The highest BCUT2D eigenvalue weighted by Gasteiger charge is 2.37. The Kier molecular flexibility index (Phi) is 2.83. The molecule has 1 aliphatic rings. The van der Waals surface area contributed by atoms with Crippen molar-refractivity contribution >= 4 is 17.5 Å². The fraction of sp³-hybridized carbons (Fsp3) is 0.273. The van der Waals surface area contributed by atoms with E-state index in [0.29, 0.717) is 0 Å². The van der Waals surface area contributed by atoms with Crippen LogP contribution in [0, 0.1) is 0 Å². The van der Waals surface area contributed by atoms with Crippen molar-refractivity contribution in [1.82, 2.24) is 4.90 Å². The van der Waals surface area contributed by atoms with E-state index in [2.05, 4.69) is 0 Å². The van der Waals surface area contributed by atoms with E-state index in [0.717, 1.165) is 4.90 Å². The number of nitrogens with two attached hydrogens (primary N) is 1. The molecule has 1 atom stereocenters. The van der Waals surface area contributed by atoms with Gasteiger partial charge in [0.25, 0.3) is 11.8 Å². The first kappa shape index (κ1) is 11.6. The summed E-state index contributed by atoms with van der Waals surface area (Å²) < 4.78 is 0. The minimum absolute atomic E-state index is 0.169. The number of benzene rings is 1. The first-order valence-corrected chi connectivity index (χ1v) is 5.10. The largest absolute Gasteiger partial charge is 0.398 e. The lowest BCUT2D eigenvalue weighted by atomic mass is 10.1. The van der Waals surface area contributed by atoms with Crippen molar-refractivity contribution in [2.75, 3.05) is 18.9 Å². The minimum Gasteiger partial charge on any atom is -0.398 e. The van der Waals surface area contributed by atoms with Gasteiger partial charge in [-0.3, -0.25) is 14.5 Å². The number of imide groups is 1. The van der Waals surface area contributed by atoms with Gasteiger partial charge in [-0.25, -0.2) is 0 Å². The van der Waals surface area contributed by atoms with Crippen molar-refractivity contribution in [2.45, 2.75) is 6.10 Å². The van der Waals surface area contributed by atoms with Crippen molar-refractivity contribution < 1.29 is 19.8 Å². The summed E-state index contributed by atoms with van der Waals surface area (Å²) in [4.78, 5) is 24.7. The molecule has 0 aliphatic carbocycles. The molecule has 1 unspecified atom stereocenters. The average Bonchev–Trinajstić information content (AvgIpc) is 2.55.